The minimum absolute atomic E-state index is 0.0135. The number of alkyl halides is 3. The predicted octanol–water partition coefficient (Wildman–Crippen LogP) is 4.71. The molecule has 0 aliphatic rings. The summed E-state index contributed by atoms with van der Waals surface area (Å²) in [6.07, 6.45) is -2.53. The summed E-state index contributed by atoms with van der Waals surface area (Å²) in [4.78, 5) is 11.1. The number of aliphatic hydroxyl groups is 1. The molecule has 0 saturated carbocycles. The fraction of sp³-hybridized carbons (Fsp3) is 0.350. The standard InChI is InChI=1S/C20H22F3NO2/c1-24-19(26)5-3-2-4-18(25)16-8-6-14(7-9-16)15-10-12-17(13-11-15)20(21,22)23/h6-13,18,25H,2-5H2,1H3,(H,24,26). The number of carbonyl (C=O) groups excluding carboxylic acids is 1. The highest BCUT2D eigenvalue weighted by atomic mass is 19.4. The van der Waals surface area contributed by atoms with Gasteiger partial charge in [0, 0.05) is 13.5 Å². The molecule has 140 valence electrons. The van der Waals surface area contributed by atoms with Crippen LogP contribution in [0.4, 0.5) is 13.2 Å². The average Bonchev–Trinajstić information content (AvgIpc) is 2.64. The Morgan fingerprint density at radius 2 is 1.54 bits per heavy atom. The predicted molar refractivity (Wildman–Crippen MR) is 94.4 cm³/mol. The average molecular weight is 365 g/mol. The lowest BCUT2D eigenvalue weighted by Crippen LogP contribution is -2.16. The molecule has 0 aliphatic heterocycles. The van der Waals surface area contributed by atoms with Crippen LogP contribution in [0.1, 0.15) is 42.9 Å². The van der Waals surface area contributed by atoms with Crippen molar-refractivity contribution in [2.24, 2.45) is 0 Å². The van der Waals surface area contributed by atoms with E-state index in [0.717, 1.165) is 29.7 Å². The molecule has 2 N–H and O–H groups in total. The van der Waals surface area contributed by atoms with Crippen molar-refractivity contribution in [3.8, 4) is 11.1 Å². The van der Waals surface area contributed by atoms with Crippen molar-refractivity contribution in [1.82, 2.24) is 5.32 Å². The number of nitrogens with one attached hydrogen (secondary N) is 1. The summed E-state index contributed by atoms with van der Waals surface area (Å²) in [5.74, 6) is -0.0135. The number of hydrogen-bond acceptors (Lipinski definition) is 2. The SMILES string of the molecule is CNC(=O)CCCCC(O)c1ccc(-c2ccc(C(F)(F)F)cc2)cc1. The fourth-order valence-corrected chi connectivity index (χ4v) is 2.66. The molecule has 2 rings (SSSR count). The van der Waals surface area contributed by atoms with Crippen LogP contribution in [0.5, 0.6) is 0 Å². The molecule has 1 unspecified atom stereocenters. The minimum atomic E-state index is -4.34. The van der Waals surface area contributed by atoms with E-state index in [4.69, 9.17) is 0 Å². The summed E-state index contributed by atoms with van der Waals surface area (Å²) < 4.78 is 37.8. The first-order valence-corrected chi connectivity index (χ1v) is 8.47. The van der Waals surface area contributed by atoms with Crippen LogP contribution in [0.2, 0.25) is 0 Å². The van der Waals surface area contributed by atoms with Crippen molar-refractivity contribution in [3.63, 3.8) is 0 Å². The van der Waals surface area contributed by atoms with Crippen molar-refractivity contribution in [2.45, 2.75) is 38.0 Å². The zero-order chi connectivity index (χ0) is 19.2. The van der Waals surface area contributed by atoms with E-state index in [2.05, 4.69) is 5.32 Å². The molecule has 0 aromatic heterocycles. The molecule has 3 nitrogen and oxygen atoms in total. The molecule has 0 spiro atoms. The highest BCUT2D eigenvalue weighted by Crippen LogP contribution is 2.31. The van der Waals surface area contributed by atoms with Crippen molar-refractivity contribution in [2.75, 3.05) is 7.05 Å². The molecule has 1 atom stereocenters. The second-order valence-electron chi connectivity index (χ2n) is 6.13. The summed E-state index contributed by atoms with van der Waals surface area (Å²) in [6.45, 7) is 0. The van der Waals surface area contributed by atoms with E-state index in [-0.39, 0.29) is 5.91 Å². The van der Waals surface area contributed by atoms with Crippen LogP contribution in [0, 0.1) is 0 Å². The van der Waals surface area contributed by atoms with E-state index >= 15 is 0 Å². The number of unbranched alkanes of at least 4 members (excludes halogenated alkanes) is 1. The van der Waals surface area contributed by atoms with Crippen molar-refractivity contribution in [3.05, 3.63) is 59.7 Å². The number of amides is 1. The molecule has 26 heavy (non-hydrogen) atoms. The van der Waals surface area contributed by atoms with Crippen LogP contribution < -0.4 is 5.32 Å². The molecule has 6 heteroatoms. The van der Waals surface area contributed by atoms with Gasteiger partial charge < -0.3 is 10.4 Å². The van der Waals surface area contributed by atoms with Crippen molar-refractivity contribution in [1.29, 1.82) is 0 Å². The Morgan fingerprint density at radius 1 is 1.00 bits per heavy atom. The normalized spacial score (nSPS) is 12.7. The molecule has 0 aliphatic carbocycles. The lowest BCUT2D eigenvalue weighted by Gasteiger charge is -2.12. The van der Waals surface area contributed by atoms with Gasteiger partial charge in [-0.1, -0.05) is 42.8 Å². The molecule has 0 fully saturated rings. The number of carbonyl (C=O) groups is 1. The maximum Gasteiger partial charge on any atom is 0.416 e. The maximum atomic E-state index is 12.6. The summed E-state index contributed by atoms with van der Waals surface area (Å²) in [6, 6.07) is 12.1. The fourth-order valence-electron chi connectivity index (χ4n) is 2.66. The van der Waals surface area contributed by atoms with Gasteiger partial charge in [0.1, 0.15) is 0 Å². The van der Waals surface area contributed by atoms with Gasteiger partial charge in [0.25, 0.3) is 0 Å². The van der Waals surface area contributed by atoms with E-state index in [1.165, 1.54) is 12.1 Å². The summed E-state index contributed by atoms with van der Waals surface area (Å²) in [7, 11) is 1.59. The molecule has 0 heterocycles. The van der Waals surface area contributed by atoms with E-state index in [1.807, 2.05) is 0 Å². The van der Waals surface area contributed by atoms with Crippen LogP contribution in [0.25, 0.3) is 11.1 Å². The third kappa shape index (κ3) is 5.59. The first kappa shape index (κ1) is 20.0. The van der Waals surface area contributed by atoms with E-state index in [0.29, 0.717) is 24.8 Å². The number of aliphatic hydroxyl groups excluding tert-OH is 1. The van der Waals surface area contributed by atoms with Gasteiger partial charge in [-0.25, -0.2) is 0 Å². The second kappa shape index (κ2) is 8.85. The molecule has 2 aromatic rings. The lowest BCUT2D eigenvalue weighted by atomic mass is 9.98. The highest BCUT2D eigenvalue weighted by molar-refractivity contribution is 5.75. The molecule has 0 bridgehead atoms. The Hall–Kier alpha value is -2.34. The monoisotopic (exact) mass is 365 g/mol. The molecule has 0 radical (unpaired) electrons. The molecule has 2 aromatic carbocycles. The van der Waals surface area contributed by atoms with Gasteiger partial charge in [-0.15, -0.1) is 0 Å². The Balaban J connectivity index is 1.94. The Labute approximate surface area is 150 Å². The Kier molecular flexibility index (Phi) is 6.80. The van der Waals surface area contributed by atoms with Gasteiger partial charge >= 0.3 is 6.18 Å². The molecule has 1 amide bonds. The van der Waals surface area contributed by atoms with Crippen LogP contribution in [-0.2, 0) is 11.0 Å². The van der Waals surface area contributed by atoms with Gasteiger partial charge in [0.05, 0.1) is 11.7 Å². The Bertz CT molecular complexity index is 709. The first-order chi connectivity index (χ1) is 12.3. The lowest BCUT2D eigenvalue weighted by molar-refractivity contribution is -0.137. The maximum absolute atomic E-state index is 12.6. The zero-order valence-electron chi connectivity index (χ0n) is 14.5. The third-order valence-corrected chi connectivity index (χ3v) is 4.25. The highest BCUT2D eigenvalue weighted by Gasteiger charge is 2.29. The van der Waals surface area contributed by atoms with Crippen LogP contribution in [0.15, 0.2) is 48.5 Å². The number of halogens is 3. The summed E-state index contributed by atoms with van der Waals surface area (Å²) >= 11 is 0. The van der Waals surface area contributed by atoms with E-state index < -0.39 is 17.8 Å². The summed E-state index contributed by atoms with van der Waals surface area (Å²) in [5.41, 5.74) is 1.55. The largest absolute Gasteiger partial charge is 0.416 e. The van der Waals surface area contributed by atoms with Crippen LogP contribution in [-0.4, -0.2) is 18.1 Å². The van der Waals surface area contributed by atoms with Gasteiger partial charge in [0.2, 0.25) is 5.91 Å². The van der Waals surface area contributed by atoms with Crippen molar-refractivity contribution >= 4 is 5.91 Å². The number of rotatable bonds is 7. The smallest absolute Gasteiger partial charge is 0.388 e. The second-order valence-corrected chi connectivity index (χ2v) is 6.13. The minimum Gasteiger partial charge on any atom is -0.388 e. The number of hydrogen-bond donors (Lipinski definition) is 2. The first-order valence-electron chi connectivity index (χ1n) is 8.47. The van der Waals surface area contributed by atoms with E-state index in [9.17, 15) is 23.1 Å². The molecular weight excluding hydrogens is 343 g/mol. The van der Waals surface area contributed by atoms with Gasteiger partial charge in [0.15, 0.2) is 0 Å². The van der Waals surface area contributed by atoms with Gasteiger partial charge in [-0.05, 0) is 41.7 Å². The molecular formula is C20H22F3NO2. The summed E-state index contributed by atoms with van der Waals surface area (Å²) in [5, 5.41) is 12.8. The van der Waals surface area contributed by atoms with Gasteiger partial charge in [-0.3, -0.25) is 4.79 Å². The zero-order valence-corrected chi connectivity index (χ0v) is 14.5. The van der Waals surface area contributed by atoms with Crippen molar-refractivity contribution < 1.29 is 23.1 Å². The van der Waals surface area contributed by atoms with Gasteiger partial charge in [-0.2, -0.15) is 13.2 Å². The third-order valence-electron chi connectivity index (χ3n) is 4.25. The molecule has 0 saturated heterocycles. The van der Waals surface area contributed by atoms with Crippen LogP contribution >= 0.6 is 0 Å². The number of benzene rings is 2. The Morgan fingerprint density at radius 3 is 2.04 bits per heavy atom. The van der Waals surface area contributed by atoms with Crippen LogP contribution in [0.3, 0.4) is 0 Å². The topological polar surface area (TPSA) is 49.3 Å². The van der Waals surface area contributed by atoms with E-state index in [1.54, 1.807) is 31.3 Å². The quantitative estimate of drug-likeness (QED) is 0.698.